The van der Waals surface area contributed by atoms with E-state index in [2.05, 4.69) is 11.4 Å². The molecule has 0 aromatic heterocycles. The molecule has 0 aliphatic heterocycles. The van der Waals surface area contributed by atoms with Crippen molar-refractivity contribution in [2.45, 2.75) is 31.7 Å². The molecule has 1 atom stereocenters. The van der Waals surface area contributed by atoms with Gasteiger partial charge in [-0.25, -0.2) is 4.79 Å². The number of benzene rings is 1. The Kier molecular flexibility index (Phi) is 4.59. The molecule has 0 heterocycles. The first-order valence-corrected chi connectivity index (χ1v) is 6.98. The van der Waals surface area contributed by atoms with Crippen LogP contribution in [-0.2, 0) is 14.3 Å². The van der Waals surface area contributed by atoms with E-state index in [1.165, 1.54) is 7.11 Å². The summed E-state index contributed by atoms with van der Waals surface area (Å²) in [5.41, 5.74) is -0.370. The third-order valence-electron chi connectivity index (χ3n) is 3.95. The van der Waals surface area contributed by atoms with Gasteiger partial charge in [-0.05, 0) is 18.4 Å². The fraction of sp³-hybridized carbons (Fsp3) is 0.438. The van der Waals surface area contributed by atoms with E-state index in [1.807, 2.05) is 6.07 Å². The predicted octanol–water partition coefficient (Wildman–Crippen LogP) is 2.10. The Morgan fingerprint density at radius 1 is 1.29 bits per heavy atom. The molecule has 5 heteroatoms. The van der Waals surface area contributed by atoms with Gasteiger partial charge in [-0.15, -0.1) is 0 Å². The molecule has 1 N–H and O–H groups in total. The van der Waals surface area contributed by atoms with Gasteiger partial charge in [0.15, 0.2) is 6.04 Å². The van der Waals surface area contributed by atoms with Gasteiger partial charge in [-0.1, -0.05) is 43.2 Å². The van der Waals surface area contributed by atoms with Gasteiger partial charge in [0.2, 0.25) is 5.91 Å². The predicted molar refractivity (Wildman–Crippen MR) is 75.9 cm³/mol. The molecule has 1 unspecified atom stereocenters. The summed E-state index contributed by atoms with van der Waals surface area (Å²) in [5, 5.41) is 12.0. The maximum absolute atomic E-state index is 12.5. The molecule has 0 radical (unpaired) electrons. The number of rotatable bonds is 4. The molecule has 1 aromatic carbocycles. The lowest BCUT2D eigenvalue weighted by atomic mass is 9.86. The third kappa shape index (κ3) is 3.05. The molecule has 1 fully saturated rings. The van der Waals surface area contributed by atoms with E-state index in [0.29, 0.717) is 18.4 Å². The van der Waals surface area contributed by atoms with Crippen LogP contribution in [0.1, 0.15) is 37.3 Å². The van der Waals surface area contributed by atoms with E-state index in [-0.39, 0.29) is 5.91 Å². The van der Waals surface area contributed by atoms with Crippen molar-refractivity contribution in [1.29, 1.82) is 5.26 Å². The van der Waals surface area contributed by atoms with Crippen molar-refractivity contribution in [3.63, 3.8) is 0 Å². The quantitative estimate of drug-likeness (QED) is 0.860. The largest absolute Gasteiger partial charge is 0.467 e. The standard InChI is InChI=1S/C16H18N2O3/c1-21-14(19)13(12-7-3-2-4-8-12)18-15(20)16(11-17)9-5-6-10-16/h2-4,7-8,13H,5-6,9-10H2,1H3,(H,18,20). The molecular formula is C16H18N2O3. The summed E-state index contributed by atoms with van der Waals surface area (Å²) < 4.78 is 4.76. The van der Waals surface area contributed by atoms with Gasteiger partial charge in [0.25, 0.3) is 0 Å². The number of carbonyl (C=O) groups excluding carboxylic acids is 2. The highest BCUT2D eigenvalue weighted by Crippen LogP contribution is 2.38. The molecule has 21 heavy (non-hydrogen) atoms. The second-order valence-electron chi connectivity index (χ2n) is 5.24. The SMILES string of the molecule is COC(=O)C(NC(=O)C1(C#N)CCCC1)c1ccccc1. The topological polar surface area (TPSA) is 79.2 Å². The minimum atomic E-state index is -1.01. The highest BCUT2D eigenvalue weighted by atomic mass is 16.5. The van der Waals surface area contributed by atoms with Crippen LogP contribution in [0.25, 0.3) is 0 Å². The Balaban J connectivity index is 2.22. The number of methoxy groups -OCH3 is 1. The van der Waals surface area contributed by atoms with Crippen LogP contribution in [0.3, 0.4) is 0 Å². The van der Waals surface area contributed by atoms with Crippen molar-refractivity contribution < 1.29 is 14.3 Å². The zero-order chi connectivity index (χ0) is 15.3. The Morgan fingerprint density at radius 2 is 1.90 bits per heavy atom. The van der Waals surface area contributed by atoms with Crippen LogP contribution in [0.2, 0.25) is 0 Å². The number of hydrogen-bond acceptors (Lipinski definition) is 4. The molecular weight excluding hydrogens is 268 g/mol. The van der Waals surface area contributed by atoms with Crippen LogP contribution in [-0.4, -0.2) is 19.0 Å². The van der Waals surface area contributed by atoms with Crippen LogP contribution < -0.4 is 5.32 Å². The number of amides is 1. The van der Waals surface area contributed by atoms with Gasteiger partial charge in [-0.2, -0.15) is 5.26 Å². The number of hydrogen-bond donors (Lipinski definition) is 1. The van der Waals surface area contributed by atoms with Crippen molar-refractivity contribution in [1.82, 2.24) is 5.32 Å². The number of nitrogens with one attached hydrogen (secondary N) is 1. The number of carbonyl (C=O) groups is 2. The number of nitriles is 1. The maximum Gasteiger partial charge on any atom is 0.333 e. The first kappa shape index (κ1) is 15.0. The van der Waals surface area contributed by atoms with E-state index in [4.69, 9.17) is 4.74 Å². The number of esters is 1. The zero-order valence-electron chi connectivity index (χ0n) is 12.0. The van der Waals surface area contributed by atoms with Crippen molar-refractivity contribution in [3.8, 4) is 6.07 Å². The summed E-state index contributed by atoms with van der Waals surface area (Å²) in [6.07, 6.45) is 2.79. The highest BCUT2D eigenvalue weighted by Gasteiger charge is 2.43. The normalized spacial score (nSPS) is 17.5. The molecule has 1 saturated carbocycles. The molecule has 0 spiro atoms. The maximum atomic E-state index is 12.5. The second-order valence-corrected chi connectivity index (χ2v) is 5.24. The minimum Gasteiger partial charge on any atom is -0.467 e. The van der Waals surface area contributed by atoms with Crippen molar-refractivity contribution in [3.05, 3.63) is 35.9 Å². The third-order valence-corrected chi connectivity index (χ3v) is 3.95. The first-order valence-electron chi connectivity index (χ1n) is 6.98. The fourth-order valence-electron chi connectivity index (χ4n) is 2.68. The van der Waals surface area contributed by atoms with Crippen molar-refractivity contribution in [2.75, 3.05) is 7.11 Å². The van der Waals surface area contributed by atoms with Gasteiger partial charge < -0.3 is 10.1 Å². The first-order chi connectivity index (χ1) is 10.1. The second kappa shape index (κ2) is 6.40. The monoisotopic (exact) mass is 286 g/mol. The van der Waals surface area contributed by atoms with Crippen LogP contribution in [0.5, 0.6) is 0 Å². The van der Waals surface area contributed by atoms with E-state index >= 15 is 0 Å². The Morgan fingerprint density at radius 3 is 2.43 bits per heavy atom. The van der Waals surface area contributed by atoms with Crippen molar-refractivity contribution >= 4 is 11.9 Å². The van der Waals surface area contributed by atoms with Crippen LogP contribution in [0.15, 0.2) is 30.3 Å². The Labute approximate surface area is 123 Å². The lowest BCUT2D eigenvalue weighted by Crippen LogP contribution is -2.43. The van der Waals surface area contributed by atoms with E-state index in [9.17, 15) is 14.9 Å². The lowest BCUT2D eigenvalue weighted by Gasteiger charge is -2.23. The van der Waals surface area contributed by atoms with E-state index < -0.39 is 17.4 Å². The average Bonchev–Trinajstić information content (AvgIpc) is 3.02. The van der Waals surface area contributed by atoms with Gasteiger partial charge >= 0.3 is 5.97 Å². The van der Waals surface area contributed by atoms with Gasteiger partial charge in [0, 0.05) is 0 Å². The molecule has 1 aromatic rings. The lowest BCUT2D eigenvalue weighted by molar-refractivity contribution is -0.146. The molecule has 1 aliphatic carbocycles. The van der Waals surface area contributed by atoms with E-state index in [0.717, 1.165) is 12.8 Å². The molecule has 1 aliphatic rings. The summed E-state index contributed by atoms with van der Waals surface area (Å²) in [6, 6.07) is 10.1. The van der Waals surface area contributed by atoms with Crippen LogP contribution >= 0.6 is 0 Å². The summed E-state index contributed by atoms with van der Waals surface area (Å²) in [7, 11) is 1.28. The Bertz CT molecular complexity index is 557. The van der Waals surface area contributed by atoms with Gasteiger partial charge in [-0.3, -0.25) is 4.79 Å². The molecule has 5 nitrogen and oxygen atoms in total. The molecule has 0 bridgehead atoms. The molecule has 0 saturated heterocycles. The van der Waals surface area contributed by atoms with Crippen molar-refractivity contribution in [2.24, 2.45) is 5.41 Å². The van der Waals surface area contributed by atoms with Gasteiger partial charge in [0.1, 0.15) is 5.41 Å². The molecule has 2 rings (SSSR count). The summed E-state index contributed by atoms with van der Waals surface area (Å²) in [6.45, 7) is 0. The molecule has 110 valence electrons. The summed E-state index contributed by atoms with van der Waals surface area (Å²) in [4.78, 5) is 24.4. The van der Waals surface area contributed by atoms with Crippen LogP contribution in [0.4, 0.5) is 0 Å². The molecule has 1 amide bonds. The smallest absolute Gasteiger partial charge is 0.333 e. The summed E-state index contributed by atoms with van der Waals surface area (Å²) in [5.74, 6) is -0.928. The Hall–Kier alpha value is -2.35. The number of ether oxygens (including phenoxy) is 1. The van der Waals surface area contributed by atoms with Crippen LogP contribution in [0, 0.1) is 16.7 Å². The minimum absolute atomic E-state index is 0.387. The highest BCUT2D eigenvalue weighted by molar-refractivity contribution is 5.90. The van der Waals surface area contributed by atoms with Gasteiger partial charge in [0.05, 0.1) is 13.2 Å². The summed E-state index contributed by atoms with van der Waals surface area (Å²) >= 11 is 0. The number of nitrogens with zero attached hydrogens (tertiary/aromatic N) is 1. The zero-order valence-corrected chi connectivity index (χ0v) is 12.0. The fourth-order valence-corrected chi connectivity index (χ4v) is 2.68. The average molecular weight is 286 g/mol. The van der Waals surface area contributed by atoms with E-state index in [1.54, 1.807) is 24.3 Å².